The van der Waals surface area contributed by atoms with E-state index in [1.165, 1.54) is 0 Å². The molecule has 0 aliphatic carbocycles. The second-order valence-electron chi connectivity index (χ2n) is 4.41. The number of nitrogens with one attached hydrogen (secondary N) is 1. The minimum absolute atomic E-state index is 0.109. The molecule has 0 aromatic carbocycles. The van der Waals surface area contributed by atoms with Crippen molar-refractivity contribution in [2.24, 2.45) is 0 Å². The summed E-state index contributed by atoms with van der Waals surface area (Å²) in [5.41, 5.74) is 0. The lowest BCUT2D eigenvalue weighted by Crippen LogP contribution is -2.39. The van der Waals surface area contributed by atoms with Gasteiger partial charge in [0.2, 0.25) is 15.8 Å². The van der Waals surface area contributed by atoms with E-state index in [1.54, 1.807) is 0 Å². The van der Waals surface area contributed by atoms with Crippen LogP contribution >= 0.6 is 27.7 Å². The summed E-state index contributed by atoms with van der Waals surface area (Å²) in [5.74, 6) is 0.377. The molecule has 2 heterocycles. The quantitative estimate of drug-likeness (QED) is 0.738. The summed E-state index contributed by atoms with van der Waals surface area (Å²) in [6.45, 7) is 2.80. The number of aromatic carboxylic acids is 1. The molecule has 0 spiro atoms. The summed E-state index contributed by atoms with van der Waals surface area (Å²) in [4.78, 5) is 12.8. The number of carboxylic acid groups (broad SMARTS) is 1. The summed E-state index contributed by atoms with van der Waals surface area (Å²) in [6.07, 6.45) is 0. The molecule has 1 aromatic heterocycles. The molecule has 2 rings (SSSR count). The average Bonchev–Trinajstić information content (AvgIpc) is 2.83. The van der Waals surface area contributed by atoms with Crippen LogP contribution < -0.4 is 4.72 Å². The highest BCUT2D eigenvalue weighted by atomic mass is 79.9. The summed E-state index contributed by atoms with van der Waals surface area (Å²) in [6, 6.07) is 0.992. The topological polar surface area (TPSA) is 99.8 Å². The Hall–Kier alpha value is -0.550. The Bertz CT molecular complexity index is 610. The summed E-state index contributed by atoms with van der Waals surface area (Å²) >= 11 is 4.81. The van der Waals surface area contributed by atoms with E-state index in [9.17, 15) is 13.2 Å². The van der Waals surface area contributed by atoms with Gasteiger partial charge in [-0.1, -0.05) is 0 Å². The fourth-order valence-corrected chi connectivity index (χ4v) is 4.82. The van der Waals surface area contributed by atoms with Gasteiger partial charge in [0.25, 0.3) is 0 Å². The monoisotopic (exact) mass is 398 g/mol. The maximum absolute atomic E-state index is 12.1. The molecule has 2 N–H and O–H groups in total. The van der Waals surface area contributed by atoms with Crippen LogP contribution in [0.1, 0.15) is 10.6 Å². The molecule has 7 nitrogen and oxygen atoms in total. The standard InChI is InChI=1S/C11H15BrN2O5S2/c12-10-9(7-8(19-10)11(15)16)21(17,18)13-1-2-14-3-5-20-6-4-14/h7,13H,1-6H2,(H,15,16). The van der Waals surface area contributed by atoms with Crippen LogP contribution in [-0.2, 0) is 10.0 Å². The number of hydrogen-bond acceptors (Lipinski definition) is 6. The molecule has 1 aliphatic rings. The van der Waals surface area contributed by atoms with Crippen LogP contribution in [0, 0.1) is 0 Å². The summed E-state index contributed by atoms with van der Waals surface area (Å²) in [5, 5.41) is 8.80. The third-order valence-corrected chi connectivity index (χ3v) is 6.24. The average molecular weight is 399 g/mol. The Balaban J connectivity index is 1.96. The van der Waals surface area contributed by atoms with Crippen molar-refractivity contribution < 1.29 is 22.7 Å². The van der Waals surface area contributed by atoms with Crippen molar-refractivity contribution in [3.8, 4) is 0 Å². The molecule has 118 valence electrons. The van der Waals surface area contributed by atoms with Gasteiger partial charge in [-0.3, -0.25) is 0 Å². The zero-order chi connectivity index (χ0) is 15.5. The summed E-state index contributed by atoms with van der Waals surface area (Å²) in [7, 11) is -3.79. The Morgan fingerprint density at radius 1 is 1.48 bits per heavy atom. The van der Waals surface area contributed by atoms with E-state index in [1.807, 2.05) is 11.8 Å². The largest absolute Gasteiger partial charge is 0.475 e. The fraction of sp³-hybridized carbons (Fsp3) is 0.545. The predicted molar refractivity (Wildman–Crippen MR) is 82.3 cm³/mol. The van der Waals surface area contributed by atoms with Crippen LogP contribution in [0.5, 0.6) is 0 Å². The van der Waals surface area contributed by atoms with Gasteiger partial charge in [0.15, 0.2) is 4.67 Å². The Morgan fingerprint density at radius 2 is 2.14 bits per heavy atom. The maximum atomic E-state index is 12.1. The van der Waals surface area contributed by atoms with Gasteiger partial charge >= 0.3 is 5.97 Å². The van der Waals surface area contributed by atoms with Gasteiger partial charge in [0, 0.05) is 43.8 Å². The number of nitrogens with zero attached hydrogens (tertiary/aromatic N) is 1. The van der Waals surface area contributed by atoms with Gasteiger partial charge in [-0.2, -0.15) is 11.8 Å². The second-order valence-corrected chi connectivity index (χ2v) is 8.09. The van der Waals surface area contributed by atoms with Crippen molar-refractivity contribution in [2.45, 2.75) is 4.90 Å². The van der Waals surface area contributed by atoms with Crippen molar-refractivity contribution in [1.29, 1.82) is 0 Å². The molecule has 1 saturated heterocycles. The van der Waals surface area contributed by atoms with Crippen molar-refractivity contribution in [2.75, 3.05) is 37.7 Å². The van der Waals surface area contributed by atoms with Crippen LogP contribution in [0.25, 0.3) is 0 Å². The lowest BCUT2D eigenvalue weighted by atomic mass is 10.5. The zero-order valence-corrected chi connectivity index (χ0v) is 14.3. The SMILES string of the molecule is O=C(O)c1cc(S(=O)(=O)NCCN2CCSCC2)c(Br)o1. The third kappa shape index (κ3) is 4.46. The number of hydrogen-bond donors (Lipinski definition) is 2. The number of rotatable bonds is 6. The van der Waals surface area contributed by atoms with Crippen LogP contribution in [0.2, 0.25) is 0 Å². The van der Waals surface area contributed by atoms with Gasteiger partial charge in [-0.25, -0.2) is 17.9 Å². The molecule has 0 radical (unpaired) electrons. The van der Waals surface area contributed by atoms with E-state index in [4.69, 9.17) is 9.52 Å². The van der Waals surface area contributed by atoms with Crippen molar-refractivity contribution >= 4 is 43.7 Å². The molecule has 0 saturated carbocycles. The highest BCUT2D eigenvalue weighted by Gasteiger charge is 2.24. The van der Waals surface area contributed by atoms with E-state index in [0.717, 1.165) is 30.7 Å². The summed E-state index contributed by atoms with van der Waals surface area (Å²) < 4.78 is 31.4. The van der Waals surface area contributed by atoms with E-state index in [0.29, 0.717) is 6.54 Å². The van der Waals surface area contributed by atoms with E-state index in [2.05, 4.69) is 25.6 Å². The van der Waals surface area contributed by atoms with Crippen molar-refractivity contribution in [3.05, 3.63) is 16.5 Å². The molecule has 0 atom stereocenters. The smallest absolute Gasteiger partial charge is 0.371 e. The minimum atomic E-state index is -3.79. The van der Waals surface area contributed by atoms with Crippen LogP contribution in [0.15, 0.2) is 20.0 Å². The van der Waals surface area contributed by atoms with Gasteiger partial charge in [-0.15, -0.1) is 0 Å². The zero-order valence-electron chi connectivity index (χ0n) is 11.0. The van der Waals surface area contributed by atoms with Gasteiger partial charge in [0.05, 0.1) is 0 Å². The first-order chi connectivity index (χ1) is 9.90. The Kier molecular flexibility index (Phi) is 5.72. The van der Waals surface area contributed by atoms with Gasteiger partial charge < -0.3 is 14.4 Å². The molecule has 1 aliphatic heterocycles. The number of thioether (sulfide) groups is 1. The number of sulfonamides is 1. The van der Waals surface area contributed by atoms with Crippen LogP contribution in [0.3, 0.4) is 0 Å². The first-order valence-electron chi connectivity index (χ1n) is 6.22. The highest BCUT2D eigenvalue weighted by Crippen LogP contribution is 2.25. The van der Waals surface area contributed by atoms with Gasteiger partial charge in [-0.05, 0) is 15.9 Å². The van der Waals surface area contributed by atoms with E-state index < -0.39 is 21.8 Å². The second kappa shape index (κ2) is 7.14. The molecular formula is C11H15BrN2O5S2. The number of carboxylic acids is 1. The molecule has 1 fully saturated rings. The van der Waals surface area contributed by atoms with Gasteiger partial charge in [0.1, 0.15) is 4.90 Å². The molecule has 10 heteroatoms. The molecular weight excluding hydrogens is 384 g/mol. The van der Waals surface area contributed by atoms with Crippen molar-refractivity contribution in [1.82, 2.24) is 9.62 Å². The Morgan fingerprint density at radius 3 is 2.71 bits per heavy atom. The van der Waals surface area contributed by atoms with E-state index in [-0.39, 0.29) is 16.1 Å². The lowest BCUT2D eigenvalue weighted by Gasteiger charge is -2.25. The fourth-order valence-electron chi connectivity index (χ4n) is 1.88. The first-order valence-corrected chi connectivity index (χ1v) is 9.65. The third-order valence-electron chi connectivity index (χ3n) is 2.98. The number of furan rings is 1. The minimum Gasteiger partial charge on any atom is -0.475 e. The normalized spacial score (nSPS) is 17.0. The maximum Gasteiger partial charge on any atom is 0.371 e. The lowest BCUT2D eigenvalue weighted by molar-refractivity contribution is 0.0661. The first kappa shape index (κ1) is 16.8. The predicted octanol–water partition coefficient (Wildman–Crippen LogP) is 1.07. The molecule has 1 aromatic rings. The Labute approximate surface area is 135 Å². The molecule has 0 bridgehead atoms. The number of carbonyl (C=O) groups is 1. The molecule has 21 heavy (non-hydrogen) atoms. The van der Waals surface area contributed by atoms with Crippen LogP contribution in [0.4, 0.5) is 0 Å². The van der Waals surface area contributed by atoms with E-state index >= 15 is 0 Å². The highest BCUT2D eigenvalue weighted by molar-refractivity contribution is 9.10. The van der Waals surface area contributed by atoms with Crippen molar-refractivity contribution in [3.63, 3.8) is 0 Å². The molecule has 0 unspecified atom stereocenters. The number of halogens is 1. The molecule has 0 amide bonds. The van der Waals surface area contributed by atoms with Crippen LogP contribution in [-0.4, -0.2) is 62.1 Å².